The third kappa shape index (κ3) is 4.19. The molecule has 0 saturated carbocycles. The molecule has 0 radical (unpaired) electrons. The molecule has 0 bridgehead atoms. The second-order valence-corrected chi connectivity index (χ2v) is 5.54. The Bertz CT molecular complexity index is 713. The first-order valence-corrected chi connectivity index (χ1v) is 7.49. The lowest BCUT2D eigenvalue weighted by Gasteiger charge is -2.19. The van der Waals surface area contributed by atoms with E-state index in [2.05, 4.69) is 15.4 Å². The van der Waals surface area contributed by atoms with Gasteiger partial charge in [-0.05, 0) is 19.9 Å². The standard InChI is InChI=1S/C16H23N7O/c1-10-3-5-12(6-4-10)15(22-18)14(17)13-7-8-20-16(21-13)23(19)9-11(2)24/h3-8,11,22,24H,9,17-19H2,1-2H3/b15-14-. The minimum atomic E-state index is -0.607. The van der Waals surface area contributed by atoms with E-state index < -0.39 is 6.10 Å². The predicted molar refractivity (Wildman–Crippen MR) is 94.7 cm³/mol. The third-order valence-electron chi connectivity index (χ3n) is 3.39. The van der Waals surface area contributed by atoms with Crippen molar-refractivity contribution < 1.29 is 5.11 Å². The summed E-state index contributed by atoms with van der Waals surface area (Å²) < 4.78 is 0. The Morgan fingerprint density at radius 2 is 1.96 bits per heavy atom. The van der Waals surface area contributed by atoms with E-state index in [9.17, 15) is 5.11 Å². The number of hydrogen-bond donors (Lipinski definition) is 5. The Hall–Kier alpha value is -2.68. The zero-order chi connectivity index (χ0) is 17.7. The molecule has 1 unspecified atom stereocenters. The summed E-state index contributed by atoms with van der Waals surface area (Å²) in [5, 5.41) is 10.7. The van der Waals surface area contributed by atoms with Crippen molar-refractivity contribution in [3.05, 3.63) is 53.3 Å². The fourth-order valence-corrected chi connectivity index (χ4v) is 2.17. The van der Waals surface area contributed by atoms with Gasteiger partial charge >= 0.3 is 0 Å². The Kier molecular flexibility index (Phi) is 5.69. The topological polar surface area (TPSA) is 139 Å². The van der Waals surface area contributed by atoms with Gasteiger partial charge < -0.3 is 16.3 Å². The van der Waals surface area contributed by atoms with Crippen molar-refractivity contribution in [1.82, 2.24) is 15.4 Å². The van der Waals surface area contributed by atoms with Crippen LogP contribution in [0, 0.1) is 6.92 Å². The summed E-state index contributed by atoms with van der Waals surface area (Å²) in [6.07, 6.45) is 0.944. The van der Waals surface area contributed by atoms with E-state index in [4.69, 9.17) is 17.4 Å². The Morgan fingerprint density at radius 1 is 1.29 bits per heavy atom. The highest BCUT2D eigenvalue weighted by atomic mass is 16.3. The number of aliphatic hydroxyl groups excluding tert-OH is 1. The molecule has 0 aliphatic rings. The molecule has 1 heterocycles. The van der Waals surface area contributed by atoms with Gasteiger partial charge in [-0.1, -0.05) is 29.8 Å². The second-order valence-electron chi connectivity index (χ2n) is 5.54. The number of anilines is 1. The molecule has 24 heavy (non-hydrogen) atoms. The van der Waals surface area contributed by atoms with Gasteiger partial charge in [0.1, 0.15) is 0 Å². The molecular weight excluding hydrogens is 306 g/mol. The first-order chi connectivity index (χ1) is 11.4. The highest BCUT2D eigenvalue weighted by Gasteiger charge is 2.13. The van der Waals surface area contributed by atoms with Gasteiger partial charge in [0.15, 0.2) is 0 Å². The fourth-order valence-electron chi connectivity index (χ4n) is 2.17. The van der Waals surface area contributed by atoms with E-state index in [-0.39, 0.29) is 12.5 Å². The molecule has 8 nitrogen and oxygen atoms in total. The van der Waals surface area contributed by atoms with Crippen LogP contribution in [0.1, 0.15) is 23.7 Å². The van der Waals surface area contributed by atoms with Crippen molar-refractivity contribution in [2.24, 2.45) is 17.4 Å². The lowest BCUT2D eigenvalue weighted by molar-refractivity contribution is 0.199. The molecule has 1 aromatic carbocycles. The van der Waals surface area contributed by atoms with E-state index in [1.807, 2.05) is 31.2 Å². The van der Waals surface area contributed by atoms with Gasteiger partial charge in [-0.2, -0.15) is 0 Å². The number of aromatic nitrogens is 2. The highest BCUT2D eigenvalue weighted by Crippen LogP contribution is 2.20. The molecule has 2 aromatic rings. The van der Waals surface area contributed by atoms with Gasteiger partial charge in [0.2, 0.25) is 5.95 Å². The molecule has 2 rings (SSSR count). The molecule has 0 aliphatic carbocycles. The van der Waals surface area contributed by atoms with Crippen LogP contribution in [0.2, 0.25) is 0 Å². The number of aryl methyl sites for hydroxylation is 1. The number of aliphatic hydroxyl groups is 1. The van der Waals surface area contributed by atoms with Crippen LogP contribution in [0.5, 0.6) is 0 Å². The van der Waals surface area contributed by atoms with Crippen LogP contribution in [0.25, 0.3) is 11.4 Å². The third-order valence-corrected chi connectivity index (χ3v) is 3.39. The molecule has 0 aliphatic heterocycles. The van der Waals surface area contributed by atoms with Crippen molar-refractivity contribution in [3.63, 3.8) is 0 Å². The van der Waals surface area contributed by atoms with Crippen LogP contribution in [-0.4, -0.2) is 27.7 Å². The quantitative estimate of drug-likeness (QED) is 0.371. The fraction of sp³-hybridized carbons (Fsp3) is 0.250. The number of hydrazine groups is 2. The van der Waals surface area contributed by atoms with Crippen LogP contribution in [-0.2, 0) is 0 Å². The number of benzene rings is 1. The summed E-state index contributed by atoms with van der Waals surface area (Å²) in [6, 6.07) is 9.44. The lowest BCUT2D eigenvalue weighted by atomic mass is 10.1. The molecular formula is C16H23N7O. The van der Waals surface area contributed by atoms with Crippen molar-refractivity contribution in [2.45, 2.75) is 20.0 Å². The normalized spacial score (nSPS) is 13.2. The van der Waals surface area contributed by atoms with Crippen molar-refractivity contribution in [2.75, 3.05) is 11.6 Å². The van der Waals surface area contributed by atoms with Gasteiger partial charge in [-0.15, -0.1) is 0 Å². The average molecular weight is 329 g/mol. The second kappa shape index (κ2) is 7.73. The minimum absolute atomic E-state index is 0.201. The van der Waals surface area contributed by atoms with E-state index in [0.717, 1.165) is 11.1 Å². The van der Waals surface area contributed by atoms with Crippen LogP contribution >= 0.6 is 0 Å². The first kappa shape index (κ1) is 17.7. The van der Waals surface area contributed by atoms with Crippen LogP contribution in [0.3, 0.4) is 0 Å². The van der Waals surface area contributed by atoms with Crippen molar-refractivity contribution in [3.8, 4) is 0 Å². The summed E-state index contributed by atoms with van der Waals surface area (Å²) >= 11 is 0. The zero-order valence-electron chi connectivity index (χ0n) is 13.8. The minimum Gasteiger partial charge on any atom is -0.395 e. The van der Waals surface area contributed by atoms with E-state index in [0.29, 0.717) is 17.1 Å². The van der Waals surface area contributed by atoms with E-state index >= 15 is 0 Å². The van der Waals surface area contributed by atoms with Gasteiger partial charge in [-0.3, -0.25) is 10.9 Å². The van der Waals surface area contributed by atoms with Gasteiger partial charge in [0, 0.05) is 11.8 Å². The van der Waals surface area contributed by atoms with E-state index in [1.54, 1.807) is 19.2 Å². The maximum absolute atomic E-state index is 9.42. The maximum Gasteiger partial charge on any atom is 0.240 e. The van der Waals surface area contributed by atoms with Crippen molar-refractivity contribution in [1.29, 1.82) is 0 Å². The van der Waals surface area contributed by atoms with Gasteiger partial charge in [0.05, 0.1) is 29.7 Å². The highest BCUT2D eigenvalue weighted by molar-refractivity contribution is 5.87. The molecule has 128 valence electrons. The Balaban J connectivity index is 2.39. The zero-order valence-corrected chi connectivity index (χ0v) is 13.8. The van der Waals surface area contributed by atoms with Crippen LogP contribution < -0.4 is 27.9 Å². The number of nitrogens with zero attached hydrogens (tertiary/aromatic N) is 3. The molecule has 1 aromatic heterocycles. The van der Waals surface area contributed by atoms with Crippen molar-refractivity contribution >= 4 is 17.3 Å². The largest absolute Gasteiger partial charge is 0.395 e. The molecule has 1 atom stereocenters. The van der Waals surface area contributed by atoms with Crippen LogP contribution in [0.4, 0.5) is 5.95 Å². The lowest BCUT2D eigenvalue weighted by Crippen LogP contribution is -2.38. The molecule has 8 heteroatoms. The van der Waals surface area contributed by atoms with E-state index in [1.165, 1.54) is 5.01 Å². The summed E-state index contributed by atoms with van der Waals surface area (Å²) in [6.45, 7) is 3.83. The number of nitrogens with one attached hydrogen (secondary N) is 1. The van der Waals surface area contributed by atoms with Gasteiger partial charge in [0.25, 0.3) is 0 Å². The molecule has 0 fully saturated rings. The molecule has 0 spiro atoms. The summed E-state index contributed by atoms with van der Waals surface area (Å²) in [5.41, 5.74) is 12.2. The molecule has 0 saturated heterocycles. The molecule has 0 amide bonds. The average Bonchev–Trinajstić information content (AvgIpc) is 2.56. The van der Waals surface area contributed by atoms with Crippen LogP contribution in [0.15, 0.2) is 36.5 Å². The SMILES string of the molecule is Cc1ccc(/C(NN)=C(/N)c2ccnc(N(N)CC(C)O)n2)cc1. The summed E-state index contributed by atoms with van der Waals surface area (Å²) in [5.74, 6) is 11.8. The molecule has 8 N–H and O–H groups in total. The number of hydrogen-bond acceptors (Lipinski definition) is 8. The maximum atomic E-state index is 9.42. The summed E-state index contributed by atoms with van der Waals surface area (Å²) in [7, 11) is 0. The number of nitrogens with two attached hydrogens (primary N) is 3. The van der Waals surface area contributed by atoms with Gasteiger partial charge in [-0.25, -0.2) is 15.8 Å². The Labute approximate surface area is 140 Å². The monoisotopic (exact) mass is 329 g/mol. The Morgan fingerprint density at radius 3 is 2.54 bits per heavy atom. The smallest absolute Gasteiger partial charge is 0.240 e. The summed E-state index contributed by atoms with van der Waals surface area (Å²) in [4.78, 5) is 8.43. The first-order valence-electron chi connectivity index (χ1n) is 7.49. The predicted octanol–water partition coefficient (Wildman–Crippen LogP) is 0.0937. The number of rotatable bonds is 6.